The summed E-state index contributed by atoms with van der Waals surface area (Å²) in [6.45, 7) is 0. The molecule has 0 amide bonds. The van der Waals surface area contributed by atoms with Crippen LogP contribution in [-0.4, -0.2) is 19.1 Å². The van der Waals surface area contributed by atoms with Crippen LogP contribution in [0.1, 0.15) is 0 Å². The molecule has 0 N–H and O–H groups in total. The van der Waals surface area contributed by atoms with Gasteiger partial charge < -0.3 is 4.57 Å². The third-order valence-corrected chi connectivity index (χ3v) is 8.39. The molecular formula is C38H24N4. The lowest BCUT2D eigenvalue weighted by Crippen LogP contribution is -1.99. The van der Waals surface area contributed by atoms with Crippen molar-refractivity contribution in [3.63, 3.8) is 0 Å². The Labute approximate surface area is 241 Å². The summed E-state index contributed by atoms with van der Waals surface area (Å²) in [5.41, 5.74) is 7.75. The first-order chi connectivity index (χ1) is 20.8. The zero-order valence-electron chi connectivity index (χ0n) is 22.6. The first-order valence-electron chi connectivity index (χ1n) is 14.2. The highest BCUT2D eigenvalue weighted by atomic mass is 15.1. The van der Waals surface area contributed by atoms with E-state index in [0.29, 0.717) is 0 Å². The Hall–Kier alpha value is -5.74. The second kappa shape index (κ2) is 8.88. The summed E-state index contributed by atoms with van der Waals surface area (Å²) in [6.07, 6.45) is 3.75. The van der Waals surface area contributed by atoms with Crippen molar-refractivity contribution in [3.05, 3.63) is 146 Å². The Morgan fingerprint density at radius 1 is 0.429 bits per heavy atom. The molecule has 3 aromatic heterocycles. The summed E-state index contributed by atoms with van der Waals surface area (Å²) in [5, 5.41) is 7.33. The van der Waals surface area contributed by atoms with Crippen molar-refractivity contribution in [2.45, 2.75) is 0 Å². The fourth-order valence-electron chi connectivity index (χ4n) is 6.53. The lowest BCUT2D eigenvalue weighted by molar-refractivity contribution is 1.05. The van der Waals surface area contributed by atoms with Crippen LogP contribution in [0.5, 0.6) is 0 Å². The van der Waals surface area contributed by atoms with Gasteiger partial charge in [-0.25, -0.2) is 4.98 Å². The van der Waals surface area contributed by atoms with E-state index in [0.717, 1.165) is 33.8 Å². The third kappa shape index (κ3) is 3.29. The molecule has 0 aliphatic heterocycles. The van der Waals surface area contributed by atoms with E-state index in [-0.39, 0.29) is 0 Å². The summed E-state index contributed by atoms with van der Waals surface area (Å²) in [7, 11) is 0. The van der Waals surface area contributed by atoms with Gasteiger partial charge in [0.1, 0.15) is 0 Å². The van der Waals surface area contributed by atoms with Crippen molar-refractivity contribution in [1.82, 2.24) is 19.1 Å². The van der Waals surface area contributed by atoms with Gasteiger partial charge in [-0.15, -0.1) is 0 Å². The average molecular weight is 537 g/mol. The Bertz CT molecular complexity index is 2430. The number of nitrogens with zero attached hydrogens (tertiary/aromatic N) is 4. The van der Waals surface area contributed by atoms with Gasteiger partial charge in [0.25, 0.3) is 0 Å². The maximum absolute atomic E-state index is 4.91. The van der Waals surface area contributed by atoms with Crippen LogP contribution in [0.2, 0.25) is 0 Å². The molecule has 0 unspecified atom stereocenters. The van der Waals surface area contributed by atoms with Crippen LogP contribution in [0.3, 0.4) is 0 Å². The van der Waals surface area contributed by atoms with Crippen LogP contribution in [0.25, 0.3) is 77.1 Å². The van der Waals surface area contributed by atoms with Crippen molar-refractivity contribution < 1.29 is 0 Å². The minimum atomic E-state index is 0.805. The normalized spacial score (nSPS) is 11.8. The highest BCUT2D eigenvalue weighted by Crippen LogP contribution is 2.40. The van der Waals surface area contributed by atoms with Crippen molar-refractivity contribution in [2.24, 2.45) is 0 Å². The van der Waals surface area contributed by atoms with E-state index in [4.69, 9.17) is 9.97 Å². The van der Waals surface area contributed by atoms with Gasteiger partial charge in [0.2, 0.25) is 0 Å². The van der Waals surface area contributed by atoms with Gasteiger partial charge in [0.15, 0.2) is 5.82 Å². The largest absolute Gasteiger partial charge is 0.309 e. The number of hydrogen-bond donors (Lipinski definition) is 0. The lowest BCUT2D eigenvalue weighted by atomic mass is 10.0. The first kappa shape index (κ1) is 23.0. The molecule has 6 aromatic carbocycles. The molecule has 0 fully saturated rings. The fourth-order valence-corrected chi connectivity index (χ4v) is 6.53. The topological polar surface area (TPSA) is 35.6 Å². The second-order valence-electron chi connectivity index (χ2n) is 10.7. The summed E-state index contributed by atoms with van der Waals surface area (Å²) < 4.78 is 4.65. The molecule has 0 aliphatic rings. The highest BCUT2D eigenvalue weighted by molar-refractivity contribution is 6.22. The quantitative estimate of drug-likeness (QED) is 0.225. The van der Waals surface area contributed by atoms with Crippen LogP contribution in [-0.2, 0) is 0 Å². The Balaban J connectivity index is 1.36. The highest BCUT2D eigenvalue weighted by Gasteiger charge is 2.18. The van der Waals surface area contributed by atoms with E-state index >= 15 is 0 Å². The van der Waals surface area contributed by atoms with Gasteiger partial charge in [-0.3, -0.25) is 9.55 Å². The van der Waals surface area contributed by atoms with Crippen molar-refractivity contribution >= 4 is 54.4 Å². The number of benzene rings is 6. The van der Waals surface area contributed by atoms with Gasteiger partial charge in [0, 0.05) is 38.2 Å². The number of aromatic nitrogens is 4. The molecule has 0 atom stereocenters. The van der Waals surface area contributed by atoms with E-state index in [1.54, 1.807) is 0 Å². The first-order valence-corrected chi connectivity index (χ1v) is 14.2. The zero-order valence-corrected chi connectivity index (χ0v) is 22.6. The average Bonchev–Trinajstić information content (AvgIpc) is 3.57. The molecular weight excluding hydrogens is 512 g/mol. The van der Waals surface area contributed by atoms with E-state index in [9.17, 15) is 0 Å². The standard InChI is InChI=1S/C38H24N4/c1-3-11-25(12-4-1)33-23-40-37(24-39-33)42-35-18-10-8-16-29(35)32-22-31-26(21-36(32)42)19-20-30-28-15-7-9-17-34(28)41(38(30)31)27-13-5-2-6-14-27/h1-24H. The molecule has 0 saturated heterocycles. The molecule has 42 heavy (non-hydrogen) atoms. The Morgan fingerprint density at radius 3 is 1.83 bits per heavy atom. The second-order valence-corrected chi connectivity index (χ2v) is 10.7. The van der Waals surface area contributed by atoms with Gasteiger partial charge in [-0.2, -0.15) is 0 Å². The molecule has 0 bridgehead atoms. The summed E-state index contributed by atoms with van der Waals surface area (Å²) in [4.78, 5) is 9.71. The molecule has 0 spiro atoms. The van der Waals surface area contributed by atoms with Gasteiger partial charge in [-0.1, -0.05) is 97.1 Å². The fraction of sp³-hybridized carbons (Fsp3) is 0. The number of fused-ring (bicyclic) bond motifs is 8. The SMILES string of the molecule is c1ccc(-c2cnc(-n3c4ccccc4c4cc5c(ccc6c7ccccc7n(-c7ccccc7)c56)cc43)cn2)cc1. The van der Waals surface area contributed by atoms with Gasteiger partial charge >= 0.3 is 0 Å². The maximum atomic E-state index is 4.91. The van der Waals surface area contributed by atoms with Crippen molar-refractivity contribution in [2.75, 3.05) is 0 Å². The molecule has 0 radical (unpaired) electrons. The molecule has 196 valence electrons. The third-order valence-electron chi connectivity index (χ3n) is 8.39. The van der Waals surface area contributed by atoms with Crippen LogP contribution in [0.15, 0.2) is 146 Å². The van der Waals surface area contributed by atoms with Crippen LogP contribution >= 0.6 is 0 Å². The number of hydrogen-bond acceptors (Lipinski definition) is 2. The molecule has 0 aliphatic carbocycles. The Morgan fingerprint density at radius 2 is 1.10 bits per heavy atom. The summed E-state index contributed by atoms with van der Waals surface area (Å²) in [6, 6.07) is 47.3. The minimum Gasteiger partial charge on any atom is -0.309 e. The van der Waals surface area contributed by atoms with E-state index in [1.807, 2.05) is 30.6 Å². The van der Waals surface area contributed by atoms with E-state index in [2.05, 4.69) is 124 Å². The number of para-hydroxylation sites is 3. The van der Waals surface area contributed by atoms with Gasteiger partial charge in [0.05, 0.1) is 40.2 Å². The van der Waals surface area contributed by atoms with Crippen molar-refractivity contribution in [1.29, 1.82) is 0 Å². The van der Waals surface area contributed by atoms with Crippen LogP contribution < -0.4 is 0 Å². The molecule has 9 rings (SSSR count). The summed E-state index contributed by atoms with van der Waals surface area (Å²) >= 11 is 0. The predicted octanol–water partition coefficient (Wildman–Crippen LogP) is 9.49. The molecule has 9 aromatic rings. The van der Waals surface area contributed by atoms with Crippen LogP contribution in [0, 0.1) is 0 Å². The van der Waals surface area contributed by atoms with Crippen molar-refractivity contribution in [3.8, 4) is 22.8 Å². The van der Waals surface area contributed by atoms with Crippen LogP contribution in [0.4, 0.5) is 0 Å². The molecule has 4 nitrogen and oxygen atoms in total. The predicted molar refractivity (Wildman–Crippen MR) is 174 cm³/mol. The molecule has 0 saturated carbocycles. The number of rotatable bonds is 3. The zero-order chi connectivity index (χ0) is 27.6. The van der Waals surface area contributed by atoms with Gasteiger partial charge in [-0.05, 0) is 41.8 Å². The van der Waals surface area contributed by atoms with E-state index < -0.39 is 0 Å². The molecule has 3 heterocycles. The maximum Gasteiger partial charge on any atom is 0.156 e. The smallest absolute Gasteiger partial charge is 0.156 e. The lowest BCUT2D eigenvalue weighted by Gasteiger charge is -2.11. The van der Waals surface area contributed by atoms with E-state index in [1.165, 1.54) is 43.4 Å². The minimum absolute atomic E-state index is 0.805. The monoisotopic (exact) mass is 536 g/mol. The molecule has 4 heteroatoms. The summed E-state index contributed by atoms with van der Waals surface area (Å²) in [5.74, 6) is 0.805. The Kier molecular flexibility index (Phi) is 4.87.